The van der Waals surface area contributed by atoms with Gasteiger partial charge in [-0.2, -0.15) is 0 Å². The summed E-state index contributed by atoms with van der Waals surface area (Å²) in [4.78, 5) is 9.63. The third-order valence-electron chi connectivity index (χ3n) is 1.19. The zero-order valence-electron chi connectivity index (χ0n) is 8.36. The second-order valence-corrected chi connectivity index (χ2v) is 2.19. The van der Waals surface area contributed by atoms with Gasteiger partial charge in [0.2, 0.25) is 0 Å². The lowest BCUT2D eigenvalue weighted by molar-refractivity contribution is -0.257. The largest absolute Gasteiger partial charge is 0.438 e. The SMILES string of the molecule is C[B]OCC(CO[B]C)OO[B]C. The van der Waals surface area contributed by atoms with E-state index in [4.69, 9.17) is 14.2 Å². The minimum Gasteiger partial charge on any atom is -0.438 e. The molecular weight excluding hydrogens is 168 g/mol. The molecular formula is C6H14B3O4. The van der Waals surface area contributed by atoms with E-state index in [-0.39, 0.29) is 6.10 Å². The first-order chi connectivity index (χ1) is 6.35. The molecule has 3 radical (unpaired) electrons. The standard InChI is InChI=1S/C6H14B3O4/c1-7-10-4-6(5-11-8-2)12-13-9-3/h6H,4-5H2,1-3H3. The molecule has 0 N–H and O–H groups in total. The third-order valence-corrected chi connectivity index (χ3v) is 1.19. The van der Waals surface area contributed by atoms with Gasteiger partial charge in [0.05, 0.1) is 13.2 Å². The predicted molar refractivity (Wildman–Crippen MR) is 52.7 cm³/mol. The first-order valence-electron chi connectivity index (χ1n) is 4.24. The van der Waals surface area contributed by atoms with Crippen molar-refractivity contribution in [3.8, 4) is 0 Å². The number of hydrogen-bond acceptors (Lipinski definition) is 4. The highest BCUT2D eigenvalue weighted by Crippen LogP contribution is 1.95. The molecule has 0 amide bonds. The molecule has 0 unspecified atom stereocenters. The summed E-state index contributed by atoms with van der Waals surface area (Å²) in [6.07, 6.45) is -0.219. The van der Waals surface area contributed by atoms with Crippen LogP contribution in [0.4, 0.5) is 0 Å². The molecule has 0 saturated carbocycles. The van der Waals surface area contributed by atoms with Crippen molar-refractivity contribution in [1.29, 1.82) is 0 Å². The average Bonchev–Trinajstić information content (AvgIpc) is 2.17. The van der Waals surface area contributed by atoms with Crippen molar-refractivity contribution in [1.82, 2.24) is 0 Å². The van der Waals surface area contributed by atoms with Crippen molar-refractivity contribution < 1.29 is 19.0 Å². The van der Waals surface area contributed by atoms with Crippen LogP contribution in [0.1, 0.15) is 0 Å². The highest BCUT2D eigenvalue weighted by atomic mass is 17.2. The molecule has 0 aromatic carbocycles. The molecule has 0 saturated heterocycles. The second-order valence-electron chi connectivity index (χ2n) is 2.19. The van der Waals surface area contributed by atoms with Crippen molar-refractivity contribution in [2.24, 2.45) is 0 Å². The zero-order valence-corrected chi connectivity index (χ0v) is 8.36. The minimum absolute atomic E-state index is 0.219. The Bertz CT molecular complexity index is 86.9. The summed E-state index contributed by atoms with van der Waals surface area (Å²) in [6, 6.07) is 0. The summed E-state index contributed by atoms with van der Waals surface area (Å²) in [5.74, 6) is 0. The molecule has 0 atom stereocenters. The molecule has 0 heterocycles. The summed E-state index contributed by atoms with van der Waals surface area (Å²) in [5, 5.41) is 0. The van der Waals surface area contributed by atoms with Crippen LogP contribution < -0.4 is 0 Å². The summed E-state index contributed by atoms with van der Waals surface area (Å²) in [5.41, 5.74) is 0. The molecule has 0 aromatic rings. The normalized spacial score (nSPS) is 10.2. The van der Waals surface area contributed by atoms with Crippen molar-refractivity contribution >= 4 is 22.4 Å². The van der Waals surface area contributed by atoms with E-state index in [0.717, 1.165) is 0 Å². The molecule has 0 aliphatic carbocycles. The van der Waals surface area contributed by atoms with Crippen molar-refractivity contribution in [2.75, 3.05) is 13.2 Å². The van der Waals surface area contributed by atoms with Gasteiger partial charge < -0.3 is 14.1 Å². The maximum Gasteiger partial charge on any atom is 0.340 e. The van der Waals surface area contributed by atoms with Gasteiger partial charge in [0.1, 0.15) is 6.10 Å². The molecule has 4 nitrogen and oxygen atoms in total. The number of rotatable bonds is 9. The Hall–Kier alpha value is 0.0348. The maximum atomic E-state index is 5.05. The van der Waals surface area contributed by atoms with Gasteiger partial charge in [0.15, 0.2) is 0 Å². The van der Waals surface area contributed by atoms with Gasteiger partial charge in [0.25, 0.3) is 15.0 Å². The van der Waals surface area contributed by atoms with Crippen LogP contribution in [0.5, 0.6) is 0 Å². The zero-order chi connectivity index (χ0) is 9.94. The van der Waals surface area contributed by atoms with Crippen LogP contribution in [0, 0.1) is 0 Å². The van der Waals surface area contributed by atoms with E-state index < -0.39 is 0 Å². The van der Waals surface area contributed by atoms with Gasteiger partial charge in [0, 0.05) is 0 Å². The fraction of sp³-hybridized carbons (Fsp3) is 1.00. The Morgan fingerprint density at radius 2 is 1.46 bits per heavy atom. The van der Waals surface area contributed by atoms with E-state index >= 15 is 0 Å². The van der Waals surface area contributed by atoms with Gasteiger partial charge in [-0.1, -0.05) is 20.5 Å². The topological polar surface area (TPSA) is 36.9 Å². The molecule has 13 heavy (non-hydrogen) atoms. The van der Waals surface area contributed by atoms with Gasteiger partial charge in [-0.05, 0) is 0 Å². The fourth-order valence-electron chi connectivity index (χ4n) is 0.645. The predicted octanol–water partition coefficient (Wildman–Crippen LogP) is 0.338. The van der Waals surface area contributed by atoms with Crippen LogP contribution in [0.25, 0.3) is 0 Å². The Balaban J connectivity index is 3.47. The van der Waals surface area contributed by atoms with Crippen LogP contribution in [0.3, 0.4) is 0 Å². The summed E-state index contributed by atoms with van der Waals surface area (Å²) >= 11 is 0. The van der Waals surface area contributed by atoms with E-state index in [9.17, 15) is 0 Å². The minimum atomic E-state index is -0.219. The molecule has 0 fully saturated rings. The summed E-state index contributed by atoms with van der Waals surface area (Å²) < 4.78 is 10.1. The van der Waals surface area contributed by atoms with Gasteiger partial charge in [-0.15, -0.1) is 0 Å². The number of hydrogen-bond donors (Lipinski definition) is 0. The van der Waals surface area contributed by atoms with E-state index in [1.807, 2.05) is 0 Å². The summed E-state index contributed by atoms with van der Waals surface area (Å²) in [7, 11) is 4.65. The van der Waals surface area contributed by atoms with Gasteiger partial charge in [-0.3, -0.25) is 0 Å². The second kappa shape index (κ2) is 10.1. The molecule has 0 rings (SSSR count). The van der Waals surface area contributed by atoms with Crippen molar-refractivity contribution in [3.05, 3.63) is 0 Å². The molecule has 0 aliphatic heterocycles. The van der Waals surface area contributed by atoms with Crippen LogP contribution in [0.2, 0.25) is 20.5 Å². The lowest BCUT2D eigenvalue weighted by Crippen LogP contribution is -2.27. The Morgan fingerprint density at radius 3 is 1.85 bits per heavy atom. The van der Waals surface area contributed by atoms with Gasteiger partial charge >= 0.3 is 7.48 Å². The van der Waals surface area contributed by atoms with E-state index in [0.29, 0.717) is 13.2 Å². The van der Waals surface area contributed by atoms with Crippen LogP contribution in [-0.4, -0.2) is 41.8 Å². The van der Waals surface area contributed by atoms with E-state index in [2.05, 4.69) is 4.81 Å². The molecule has 0 aromatic heterocycles. The Kier molecular flexibility index (Phi) is 10.1. The molecule has 7 heteroatoms. The monoisotopic (exact) mass is 183 g/mol. The maximum absolute atomic E-state index is 5.05. The molecule has 0 aliphatic rings. The van der Waals surface area contributed by atoms with E-state index in [1.165, 1.54) is 7.48 Å². The summed E-state index contributed by atoms with van der Waals surface area (Å²) in [6.45, 7) is 6.17. The van der Waals surface area contributed by atoms with Gasteiger partial charge in [-0.25, -0.2) is 4.89 Å². The first kappa shape index (κ1) is 13.0. The smallest absolute Gasteiger partial charge is 0.340 e. The third kappa shape index (κ3) is 8.37. The first-order valence-corrected chi connectivity index (χ1v) is 4.24. The highest BCUT2D eigenvalue weighted by molar-refractivity contribution is 6.25. The van der Waals surface area contributed by atoms with Crippen molar-refractivity contribution in [3.63, 3.8) is 0 Å². The van der Waals surface area contributed by atoms with Crippen LogP contribution in [-0.2, 0) is 19.0 Å². The van der Waals surface area contributed by atoms with Crippen molar-refractivity contribution in [2.45, 2.75) is 26.6 Å². The lowest BCUT2D eigenvalue weighted by Gasteiger charge is -2.16. The Morgan fingerprint density at radius 1 is 0.923 bits per heavy atom. The molecule has 71 valence electrons. The van der Waals surface area contributed by atoms with E-state index in [1.54, 1.807) is 35.4 Å². The highest BCUT2D eigenvalue weighted by Gasteiger charge is 2.09. The quantitative estimate of drug-likeness (QED) is 0.293. The van der Waals surface area contributed by atoms with Crippen LogP contribution in [0.15, 0.2) is 0 Å². The lowest BCUT2D eigenvalue weighted by atomic mass is 10.1. The Labute approximate surface area is 82.0 Å². The molecule has 0 bridgehead atoms. The average molecular weight is 183 g/mol. The van der Waals surface area contributed by atoms with Crippen LogP contribution >= 0.6 is 0 Å². The molecule has 0 spiro atoms. The fourth-order valence-corrected chi connectivity index (χ4v) is 0.645.